The van der Waals surface area contributed by atoms with Crippen LogP contribution in [-0.4, -0.2) is 29.2 Å². The Balaban J connectivity index is 2.29. The third kappa shape index (κ3) is 1.81. The van der Waals surface area contributed by atoms with E-state index in [9.17, 15) is 10.1 Å². The van der Waals surface area contributed by atoms with Crippen molar-refractivity contribution >= 4 is 21.9 Å². The van der Waals surface area contributed by atoms with Gasteiger partial charge in [0.15, 0.2) is 4.73 Å². The molecule has 2 heterocycles. The van der Waals surface area contributed by atoms with Crippen LogP contribution in [0, 0.1) is 10.1 Å². The molecule has 0 aliphatic heterocycles. The fraction of sp³-hybridized carbons (Fsp3) is 0.286. The van der Waals surface area contributed by atoms with E-state index in [1.165, 1.54) is 17.1 Å². The minimum atomic E-state index is -0.528. The molecule has 0 N–H and O–H groups in total. The molecule has 0 radical (unpaired) electrons. The Morgan fingerprint density at radius 3 is 2.81 bits per heavy atom. The highest BCUT2D eigenvalue weighted by atomic mass is 79.9. The maximum atomic E-state index is 10.6. The van der Waals surface area contributed by atoms with Crippen LogP contribution in [0.25, 0.3) is 0 Å². The molecule has 9 heteroatoms. The maximum Gasteiger partial charge on any atom is 0.434 e. The number of nitrogens with zero attached hydrogens (tertiary/aromatic N) is 6. The zero-order valence-corrected chi connectivity index (χ0v) is 9.83. The lowest BCUT2D eigenvalue weighted by atomic mass is 10.5. The smallest absolute Gasteiger partial charge is 0.390 e. The topological polar surface area (TPSA) is 91.7 Å². The van der Waals surface area contributed by atoms with Crippen molar-refractivity contribution in [3.63, 3.8) is 0 Å². The Bertz CT molecular complexity index is 533. The second kappa shape index (κ2) is 4.00. The average molecular weight is 287 g/mol. The Morgan fingerprint density at radius 1 is 1.56 bits per heavy atom. The summed E-state index contributed by atoms with van der Waals surface area (Å²) in [6.45, 7) is 0.373. The molecular formula is C7H7BrN6O2. The molecule has 2 aromatic rings. The van der Waals surface area contributed by atoms with E-state index in [4.69, 9.17) is 0 Å². The third-order valence-corrected chi connectivity index (χ3v) is 2.72. The Morgan fingerprint density at radius 2 is 2.31 bits per heavy atom. The van der Waals surface area contributed by atoms with Gasteiger partial charge in [0, 0.05) is 0 Å². The molecule has 84 valence electrons. The summed E-state index contributed by atoms with van der Waals surface area (Å²) < 4.78 is 3.55. The van der Waals surface area contributed by atoms with E-state index in [0.29, 0.717) is 17.0 Å². The van der Waals surface area contributed by atoms with E-state index in [-0.39, 0.29) is 5.95 Å². The Hall–Kier alpha value is -1.77. The summed E-state index contributed by atoms with van der Waals surface area (Å²) in [7, 11) is 1.59. The van der Waals surface area contributed by atoms with Gasteiger partial charge in [0.25, 0.3) is 0 Å². The normalized spacial score (nSPS) is 10.6. The van der Waals surface area contributed by atoms with Gasteiger partial charge in [-0.2, -0.15) is 5.10 Å². The Labute approximate surface area is 98.2 Å². The van der Waals surface area contributed by atoms with Crippen molar-refractivity contribution in [1.29, 1.82) is 0 Å². The summed E-state index contributed by atoms with van der Waals surface area (Å²) in [5, 5.41) is 14.5. The lowest BCUT2D eigenvalue weighted by Crippen LogP contribution is -2.08. The monoisotopic (exact) mass is 286 g/mol. The minimum Gasteiger partial charge on any atom is -0.390 e. The molecule has 0 unspecified atom stereocenters. The molecule has 0 atom stereocenters. The quantitative estimate of drug-likeness (QED) is 0.613. The molecule has 0 aliphatic rings. The SMILES string of the molecule is Cn1c(Cn2ncnc2Br)cnc1[N+](=O)[O-]. The first-order valence-corrected chi connectivity index (χ1v) is 5.07. The van der Waals surface area contributed by atoms with Crippen LogP contribution in [-0.2, 0) is 13.6 Å². The van der Waals surface area contributed by atoms with E-state index >= 15 is 0 Å². The van der Waals surface area contributed by atoms with Crippen molar-refractivity contribution in [2.24, 2.45) is 7.05 Å². The van der Waals surface area contributed by atoms with Gasteiger partial charge in [-0.3, -0.25) is 0 Å². The molecule has 8 nitrogen and oxygen atoms in total. The number of rotatable bonds is 3. The van der Waals surface area contributed by atoms with Crippen molar-refractivity contribution in [2.75, 3.05) is 0 Å². The standard InChI is InChI=1S/C7H7BrN6O2/c1-12-5(2-9-7(12)14(15)16)3-13-6(8)10-4-11-13/h2,4H,3H2,1H3. The zero-order valence-electron chi connectivity index (χ0n) is 8.24. The van der Waals surface area contributed by atoms with Crippen LogP contribution >= 0.6 is 15.9 Å². The largest absolute Gasteiger partial charge is 0.434 e. The molecule has 2 aromatic heterocycles. The predicted octanol–water partition coefficient (Wildman–Crippen LogP) is 0.731. The molecule has 0 saturated heterocycles. The molecule has 0 spiro atoms. The van der Waals surface area contributed by atoms with Crippen molar-refractivity contribution in [2.45, 2.75) is 6.54 Å². The number of aromatic nitrogens is 5. The van der Waals surface area contributed by atoms with Crippen molar-refractivity contribution in [3.05, 3.63) is 33.1 Å². The number of hydrogen-bond donors (Lipinski definition) is 0. The van der Waals surface area contributed by atoms with Crippen molar-refractivity contribution < 1.29 is 4.92 Å². The summed E-state index contributed by atoms with van der Waals surface area (Å²) in [5.74, 6) is -0.189. The van der Waals surface area contributed by atoms with Gasteiger partial charge in [0.2, 0.25) is 0 Å². The summed E-state index contributed by atoms with van der Waals surface area (Å²) in [4.78, 5) is 17.7. The van der Waals surface area contributed by atoms with Gasteiger partial charge in [0.1, 0.15) is 24.8 Å². The molecule has 0 aliphatic carbocycles. The first-order chi connectivity index (χ1) is 7.59. The van der Waals surface area contributed by atoms with Crippen LogP contribution in [0.4, 0.5) is 5.95 Å². The van der Waals surface area contributed by atoms with Crippen molar-refractivity contribution in [1.82, 2.24) is 24.3 Å². The second-order valence-corrected chi connectivity index (χ2v) is 3.76. The number of imidazole rings is 1. The lowest BCUT2D eigenvalue weighted by molar-refractivity contribution is -0.396. The van der Waals surface area contributed by atoms with Crippen LogP contribution in [0.2, 0.25) is 0 Å². The van der Waals surface area contributed by atoms with Crippen molar-refractivity contribution in [3.8, 4) is 0 Å². The van der Waals surface area contributed by atoms with Crippen LogP contribution in [0.15, 0.2) is 17.3 Å². The predicted molar refractivity (Wildman–Crippen MR) is 56.7 cm³/mol. The summed E-state index contributed by atoms with van der Waals surface area (Å²) in [5.41, 5.74) is 0.679. The van der Waals surface area contributed by atoms with Crippen LogP contribution in [0.1, 0.15) is 5.69 Å². The molecule has 0 fully saturated rings. The lowest BCUT2D eigenvalue weighted by Gasteiger charge is -2.00. The molecule has 0 amide bonds. The third-order valence-electron chi connectivity index (χ3n) is 2.10. The highest BCUT2D eigenvalue weighted by Gasteiger charge is 2.18. The summed E-state index contributed by atoms with van der Waals surface area (Å²) >= 11 is 3.21. The van der Waals surface area contributed by atoms with E-state index < -0.39 is 4.92 Å². The highest BCUT2D eigenvalue weighted by Crippen LogP contribution is 2.13. The van der Waals surface area contributed by atoms with Gasteiger partial charge in [-0.1, -0.05) is 4.98 Å². The average Bonchev–Trinajstić information content (AvgIpc) is 2.76. The van der Waals surface area contributed by atoms with Gasteiger partial charge in [-0.05, 0) is 20.9 Å². The molecule has 16 heavy (non-hydrogen) atoms. The fourth-order valence-electron chi connectivity index (χ4n) is 1.26. The first kappa shape index (κ1) is 10.7. The van der Waals surface area contributed by atoms with E-state index in [1.54, 1.807) is 11.7 Å². The number of halogens is 1. The minimum absolute atomic E-state index is 0.189. The van der Waals surface area contributed by atoms with Crippen LogP contribution < -0.4 is 0 Å². The second-order valence-electron chi connectivity index (χ2n) is 3.05. The number of nitro groups is 1. The highest BCUT2D eigenvalue weighted by molar-refractivity contribution is 9.10. The van der Waals surface area contributed by atoms with Gasteiger partial charge in [0.05, 0.1) is 7.05 Å². The van der Waals surface area contributed by atoms with Gasteiger partial charge < -0.3 is 10.1 Å². The van der Waals surface area contributed by atoms with Crippen LogP contribution in [0.3, 0.4) is 0 Å². The van der Waals surface area contributed by atoms with Crippen LogP contribution in [0.5, 0.6) is 0 Å². The molecule has 0 aromatic carbocycles. The Kier molecular flexibility index (Phi) is 2.69. The molecule has 2 rings (SSSR count). The number of hydrogen-bond acceptors (Lipinski definition) is 5. The zero-order chi connectivity index (χ0) is 11.7. The first-order valence-electron chi connectivity index (χ1n) is 4.28. The van der Waals surface area contributed by atoms with E-state index in [2.05, 4.69) is 31.0 Å². The van der Waals surface area contributed by atoms with Gasteiger partial charge >= 0.3 is 5.95 Å². The molecule has 0 bridgehead atoms. The van der Waals surface area contributed by atoms with Gasteiger partial charge in [-0.25, -0.2) is 14.2 Å². The fourth-order valence-corrected chi connectivity index (χ4v) is 1.57. The maximum absolute atomic E-state index is 10.6. The van der Waals surface area contributed by atoms with Gasteiger partial charge in [-0.15, -0.1) is 0 Å². The summed E-state index contributed by atoms with van der Waals surface area (Å²) in [6.07, 6.45) is 2.85. The van der Waals surface area contributed by atoms with E-state index in [1.807, 2.05) is 0 Å². The molecular weight excluding hydrogens is 280 g/mol. The van der Waals surface area contributed by atoms with E-state index in [0.717, 1.165) is 0 Å². The summed E-state index contributed by atoms with van der Waals surface area (Å²) in [6, 6.07) is 0. The molecule has 0 saturated carbocycles.